The van der Waals surface area contributed by atoms with Crippen LogP contribution in [0.1, 0.15) is 11.3 Å². The van der Waals surface area contributed by atoms with Gasteiger partial charge in [-0.05, 0) is 18.6 Å². The Hall–Kier alpha value is -1.43. The number of para-hydroxylation sites is 1. The van der Waals surface area contributed by atoms with Gasteiger partial charge in [0.25, 0.3) is 0 Å². The van der Waals surface area contributed by atoms with Crippen molar-refractivity contribution in [2.45, 2.75) is 6.42 Å². The quantitative estimate of drug-likeness (QED) is 0.385. The molecule has 0 aliphatic heterocycles. The number of aromatic nitrogens is 1. The predicted molar refractivity (Wildman–Crippen MR) is 95.8 cm³/mol. The molecule has 0 atom stereocenters. The predicted octanol–water partition coefficient (Wildman–Crippen LogP) is 6.07. The minimum absolute atomic E-state index is 0.181. The maximum absolute atomic E-state index is 4.83. The number of fused-ring (bicyclic) bond motifs is 2. The second kappa shape index (κ2) is 7.91. The van der Waals surface area contributed by atoms with Crippen molar-refractivity contribution in [1.29, 1.82) is 0 Å². The molecule has 0 saturated heterocycles. The smallest absolute Gasteiger partial charge is 0.0705 e. The molecule has 0 fully saturated rings. The number of hydrogen-bond donors (Lipinski definition) is 0. The third-order valence-corrected chi connectivity index (χ3v) is 3.80. The van der Waals surface area contributed by atoms with E-state index in [0.717, 1.165) is 17.6 Å². The molecule has 0 unspecified atom stereocenters. The van der Waals surface area contributed by atoms with Crippen molar-refractivity contribution in [2.75, 3.05) is 0 Å². The van der Waals surface area contributed by atoms with Crippen LogP contribution in [0, 0.1) is 0 Å². The van der Waals surface area contributed by atoms with Crippen LogP contribution < -0.4 is 0 Å². The van der Waals surface area contributed by atoms with Gasteiger partial charge in [-0.3, -0.25) is 4.98 Å². The molecule has 3 aromatic carbocycles. The summed E-state index contributed by atoms with van der Waals surface area (Å²) in [6.45, 7) is 0. The maximum atomic E-state index is 4.83. The second-order valence-corrected chi connectivity index (χ2v) is 7.28. The van der Waals surface area contributed by atoms with Gasteiger partial charge in [-0.2, -0.15) is 6.07 Å². The average molecular weight is 379 g/mol. The molecule has 4 aromatic rings. The summed E-state index contributed by atoms with van der Waals surface area (Å²) in [6, 6.07) is 25.5. The Morgan fingerprint density at radius 2 is 1.52 bits per heavy atom. The van der Waals surface area contributed by atoms with E-state index in [1.54, 1.807) is 0 Å². The summed E-state index contributed by atoms with van der Waals surface area (Å²) in [5.74, 6) is 0. The number of halogens is 2. The van der Waals surface area contributed by atoms with E-state index in [-0.39, 0.29) is 13.4 Å². The van der Waals surface area contributed by atoms with Crippen molar-refractivity contribution in [2.24, 2.45) is 0 Å². The van der Waals surface area contributed by atoms with Gasteiger partial charge in [-0.1, -0.05) is 30.3 Å². The van der Waals surface area contributed by atoms with E-state index in [4.69, 9.17) is 25.1 Å². The summed E-state index contributed by atoms with van der Waals surface area (Å²) < 4.78 is 0. The van der Waals surface area contributed by atoms with E-state index in [1.165, 1.54) is 21.7 Å². The number of hydrogen-bond acceptors (Lipinski definition) is 1. The minimum atomic E-state index is -0.181. The molecule has 0 bridgehead atoms. The van der Waals surface area contributed by atoms with Crippen LogP contribution in [-0.2, 0) is 19.8 Å². The monoisotopic (exact) mass is 378 g/mol. The van der Waals surface area contributed by atoms with E-state index in [0.29, 0.717) is 0 Å². The molecule has 4 rings (SSSR count). The molecule has 1 nitrogen and oxygen atoms in total. The summed E-state index contributed by atoms with van der Waals surface area (Å²) in [5.41, 5.74) is 3.55. The van der Waals surface area contributed by atoms with Gasteiger partial charge in [0.2, 0.25) is 0 Å². The molecule has 0 aliphatic carbocycles. The first-order chi connectivity index (χ1) is 11.3. The van der Waals surface area contributed by atoms with Crippen molar-refractivity contribution in [3.8, 4) is 0 Å². The summed E-state index contributed by atoms with van der Waals surface area (Å²) >= 11 is -0.181. The first-order valence-electron chi connectivity index (χ1n) is 7.19. The van der Waals surface area contributed by atoms with E-state index < -0.39 is 0 Å². The normalized spacial score (nSPS) is 10.3. The van der Waals surface area contributed by atoms with Crippen LogP contribution in [0.15, 0.2) is 72.8 Å². The van der Waals surface area contributed by atoms with Crippen LogP contribution in [-0.4, -0.2) is 4.98 Å². The van der Waals surface area contributed by atoms with Crippen LogP contribution in [0.25, 0.3) is 21.7 Å². The largest absolute Gasteiger partial charge is 0.253 e. The second-order valence-electron chi connectivity index (χ2n) is 5.18. The standard InChI is InChI=1S/C19H14N.2ClH.Cr/c1-3-7-18-14(5-1)9-10-16(18)13-17-12-11-15-6-2-4-8-19(15)20-17;;;/h1-12H,13H2;2*1H;/q-1;;;+3/p-2. The van der Waals surface area contributed by atoms with Gasteiger partial charge in [0.1, 0.15) is 0 Å². The zero-order valence-corrected chi connectivity index (χ0v) is 15.0. The Labute approximate surface area is 150 Å². The van der Waals surface area contributed by atoms with Crippen LogP contribution in [0.5, 0.6) is 0 Å². The molecule has 0 aliphatic rings. The van der Waals surface area contributed by atoms with Crippen LogP contribution in [0.2, 0.25) is 0 Å². The number of benzene rings is 2. The fourth-order valence-electron chi connectivity index (χ4n) is 2.77. The number of nitrogens with zero attached hydrogens (tertiary/aromatic N) is 1. The van der Waals surface area contributed by atoms with Crippen molar-refractivity contribution >= 4 is 41.8 Å². The van der Waals surface area contributed by atoms with Crippen LogP contribution in [0.4, 0.5) is 0 Å². The Morgan fingerprint density at radius 3 is 2.35 bits per heavy atom. The molecule has 0 N–H and O–H groups in total. The SMILES string of the molecule is [Cl][Cr+][Cl].c1ccc2nc(C[c-]3ccc4ccccc43)ccc2c1. The van der Waals surface area contributed by atoms with Gasteiger partial charge in [0.05, 0.1) is 5.52 Å². The first-order valence-corrected chi connectivity index (χ1v) is 10.7. The topological polar surface area (TPSA) is 12.9 Å². The van der Waals surface area contributed by atoms with E-state index in [2.05, 4.69) is 60.7 Å². The van der Waals surface area contributed by atoms with E-state index in [1.807, 2.05) is 12.1 Å². The first kappa shape index (κ1) is 16.4. The van der Waals surface area contributed by atoms with Crippen LogP contribution in [0.3, 0.4) is 0 Å². The van der Waals surface area contributed by atoms with Gasteiger partial charge < -0.3 is 0 Å². The molecular formula is C19H14Cl2CrN. The minimum Gasteiger partial charge on any atom is -0.253 e. The number of rotatable bonds is 2. The molecule has 1 heterocycles. The van der Waals surface area contributed by atoms with Gasteiger partial charge in [-0.15, -0.1) is 40.6 Å². The van der Waals surface area contributed by atoms with Crippen molar-refractivity contribution in [1.82, 2.24) is 4.98 Å². The van der Waals surface area contributed by atoms with Gasteiger partial charge >= 0.3 is 33.5 Å². The molecule has 115 valence electrons. The Morgan fingerprint density at radius 1 is 0.826 bits per heavy atom. The zero-order valence-electron chi connectivity index (χ0n) is 12.2. The number of pyridine rings is 1. The van der Waals surface area contributed by atoms with Crippen molar-refractivity contribution in [3.05, 3.63) is 84.1 Å². The van der Waals surface area contributed by atoms with Gasteiger partial charge in [-0.25, -0.2) is 0 Å². The molecule has 4 heteroatoms. The molecule has 0 spiro atoms. The molecular weight excluding hydrogens is 365 g/mol. The molecule has 0 radical (unpaired) electrons. The van der Waals surface area contributed by atoms with Crippen LogP contribution >= 0.6 is 20.1 Å². The summed E-state index contributed by atoms with van der Waals surface area (Å²) in [4.78, 5) is 4.76. The molecule has 0 amide bonds. The molecule has 23 heavy (non-hydrogen) atoms. The Balaban J connectivity index is 0.000000485. The summed E-state index contributed by atoms with van der Waals surface area (Å²) in [6.07, 6.45) is 0.887. The van der Waals surface area contributed by atoms with Gasteiger partial charge in [0, 0.05) is 11.1 Å². The third-order valence-electron chi connectivity index (χ3n) is 3.80. The zero-order chi connectivity index (χ0) is 16.1. The molecule has 1 aromatic heterocycles. The van der Waals surface area contributed by atoms with Gasteiger partial charge in [0.15, 0.2) is 0 Å². The summed E-state index contributed by atoms with van der Waals surface area (Å²) in [5, 5.41) is 3.84. The van der Waals surface area contributed by atoms with Crippen molar-refractivity contribution in [3.63, 3.8) is 0 Å². The van der Waals surface area contributed by atoms with Crippen molar-refractivity contribution < 1.29 is 13.4 Å². The summed E-state index contributed by atoms with van der Waals surface area (Å²) in [7, 11) is 9.65. The Kier molecular flexibility index (Phi) is 5.65. The average Bonchev–Trinajstić information content (AvgIpc) is 2.99. The van der Waals surface area contributed by atoms with E-state index in [9.17, 15) is 0 Å². The third kappa shape index (κ3) is 3.92. The maximum Gasteiger partial charge on any atom is 0.0705 e. The van der Waals surface area contributed by atoms with E-state index >= 15 is 0 Å². The molecule has 0 saturated carbocycles. The fourth-order valence-corrected chi connectivity index (χ4v) is 2.77. The fraction of sp³-hybridized carbons (Fsp3) is 0.0526. The Bertz CT molecular complexity index is 917.